The minimum Gasteiger partial charge on any atom is -0.481 e. The molecule has 2 aromatic rings. The second-order valence-electron chi connectivity index (χ2n) is 5.84. The van der Waals surface area contributed by atoms with E-state index in [1.54, 1.807) is 12.3 Å². The maximum absolute atomic E-state index is 12.7. The van der Waals surface area contributed by atoms with Gasteiger partial charge in [0.25, 0.3) is 5.91 Å². The molecule has 0 radical (unpaired) electrons. The summed E-state index contributed by atoms with van der Waals surface area (Å²) in [6.07, 6.45) is 3.12. The Morgan fingerprint density at radius 1 is 1.35 bits per heavy atom. The van der Waals surface area contributed by atoms with Gasteiger partial charge >= 0.3 is 5.97 Å². The Labute approximate surface area is 134 Å². The van der Waals surface area contributed by atoms with Crippen LogP contribution < -0.4 is 0 Å². The fourth-order valence-electron chi connectivity index (χ4n) is 3.16. The van der Waals surface area contributed by atoms with Crippen LogP contribution in [0.3, 0.4) is 0 Å². The highest BCUT2D eigenvalue weighted by atomic mass is 16.5. The van der Waals surface area contributed by atoms with E-state index in [1.807, 2.05) is 17.0 Å². The predicted molar refractivity (Wildman–Crippen MR) is 85.2 cm³/mol. The van der Waals surface area contributed by atoms with Crippen LogP contribution in [-0.2, 0) is 20.7 Å². The molecule has 0 spiro atoms. The molecule has 122 valence electrons. The summed E-state index contributed by atoms with van der Waals surface area (Å²) < 4.78 is 5.47. The Bertz CT molecular complexity index is 731. The third kappa shape index (κ3) is 3.07. The second kappa shape index (κ2) is 6.42. The molecular formula is C17H20N2O4. The van der Waals surface area contributed by atoms with Crippen molar-refractivity contribution in [3.8, 4) is 0 Å². The molecule has 1 aromatic heterocycles. The summed E-state index contributed by atoms with van der Waals surface area (Å²) in [7, 11) is 1.53. The molecule has 0 saturated carbocycles. The number of nitrogens with zero attached hydrogens (tertiary/aromatic N) is 1. The summed E-state index contributed by atoms with van der Waals surface area (Å²) in [6.45, 7) is 1.54. The molecule has 1 amide bonds. The Morgan fingerprint density at radius 2 is 2.09 bits per heavy atom. The van der Waals surface area contributed by atoms with E-state index in [9.17, 15) is 9.59 Å². The fourth-order valence-corrected chi connectivity index (χ4v) is 3.16. The Kier molecular flexibility index (Phi) is 4.34. The summed E-state index contributed by atoms with van der Waals surface area (Å²) in [5.41, 5.74) is 2.33. The van der Waals surface area contributed by atoms with Gasteiger partial charge in [-0.15, -0.1) is 0 Å². The number of carboxylic acids is 1. The van der Waals surface area contributed by atoms with Crippen molar-refractivity contribution >= 4 is 22.8 Å². The first-order valence-electron chi connectivity index (χ1n) is 7.73. The van der Waals surface area contributed by atoms with Gasteiger partial charge in [0.2, 0.25) is 0 Å². The number of H-pyrrole nitrogens is 1. The van der Waals surface area contributed by atoms with E-state index in [1.165, 1.54) is 7.11 Å². The molecule has 6 nitrogen and oxygen atoms in total. The number of amides is 1. The number of carboxylic acid groups (broad SMARTS) is 1. The molecule has 1 saturated heterocycles. The zero-order valence-electron chi connectivity index (χ0n) is 13.0. The number of carbonyl (C=O) groups is 2. The predicted octanol–water partition coefficient (Wildman–Crippen LogP) is 2.10. The van der Waals surface area contributed by atoms with Crippen LogP contribution in [0.4, 0.5) is 0 Å². The van der Waals surface area contributed by atoms with Crippen LogP contribution in [0, 0.1) is 0 Å². The van der Waals surface area contributed by atoms with Gasteiger partial charge in [-0.1, -0.05) is 6.07 Å². The number of carbonyl (C=O) groups excluding carboxylic acids is 1. The van der Waals surface area contributed by atoms with E-state index in [-0.39, 0.29) is 12.3 Å². The van der Waals surface area contributed by atoms with Gasteiger partial charge in [-0.3, -0.25) is 9.59 Å². The number of benzene rings is 1. The molecule has 23 heavy (non-hydrogen) atoms. The number of likely N-dealkylation sites (tertiary alicyclic amines) is 1. The fraction of sp³-hybridized carbons (Fsp3) is 0.412. The third-order valence-electron chi connectivity index (χ3n) is 4.29. The van der Waals surface area contributed by atoms with Crippen LogP contribution >= 0.6 is 0 Å². The number of aromatic nitrogens is 1. The molecule has 2 N–H and O–H groups in total. The topological polar surface area (TPSA) is 82.6 Å². The lowest BCUT2D eigenvalue weighted by Gasteiger charge is -2.22. The first-order valence-corrected chi connectivity index (χ1v) is 7.73. The largest absolute Gasteiger partial charge is 0.481 e. The molecule has 1 aliphatic heterocycles. The molecular weight excluding hydrogens is 296 g/mol. The van der Waals surface area contributed by atoms with Crippen LogP contribution in [0.5, 0.6) is 0 Å². The molecule has 1 aliphatic rings. The first kappa shape index (κ1) is 15.6. The number of rotatable bonds is 5. The number of fused-ring (bicyclic) bond motifs is 1. The van der Waals surface area contributed by atoms with Crippen LogP contribution in [0.2, 0.25) is 0 Å². The molecule has 0 aliphatic carbocycles. The lowest BCUT2D eigenvalue weighted by molar-refractivity contribution is -0.141. The standard InChI is InChI=1S/C17H20N2O4/c1-23-16(17(22)19-6-2-3-7-19)13-10-18-14-5-4-11(8-12(13)14)9-15(20)21/h4-5,8,10,16,18H,2-3,6-7,9H2,1H3,(H,20,21). The molecule has 2 heterocycles. The average Bonchev–Trinajstić information content (AvgIpc) is 3.17. The van der Waals surface area contributed by atoms with Gasteiger partial charge in [-0.05, 0) is 30.5 Å². The van der Waals surface area contributed by atoms with Crippen LogP contribution in [0.15, 0.2) is 24.4 Å². The quantitative estimate of drug-likeness (QED) is 0.885. The molecule has 1 atom stereocenters. The van der Waals surface area contributed by atoms with Crippen molar-refractivity contribution in [1.29, 1.82) is 0 Å². The van der Waals surface area contributed by atoms with E-state index in [4.69, 9.17) is 9.84 Å². The molecule has 3 rings (SSSR count). The monoisotopic (exact) mass is 316 g/mol. The molecule has 6 heteroatoms. The zero-order valence-corrected chi connectivity index (χ0v) is 13.0. The Morgan fingerprint density at radius 3 is 2.74 bits per heavy atom. The second-order valence-corrected chi connectivity index (χ2v) is 5.84. The Hall–Kier alpha value is -2.34. The number of methoxy groups -OCH3 is 1. The maximum Gasteiger partial charge on any atom is 0.307 e. The number of hydrogen-bond donors (Lipinski definition) is 2. The lowest BCUT2D eigenvalue weighted by atomic mass is 10.0. The number of aliphatic carboxylic acids is 1. The summed E-state index contributed by atoms with van der Waals surface area (Å²) in [5.74, 6) is -0.910. The highest BCUT2D eigenvalue weighted by molar-refractivity contribution is 5.92. The van der Waals surface area contributed by atoms with Crippen LogP contribution in [0.1, 0.15) is 30.1 Å². The smallest absolute Gasteiger partial charge is 0.307 e. The average molecular weight is 316 g/mol. The van der Waals surface area contributed by atoms with Gasteiger partial charge in [0.05, 0.1) is 6.42 Å². The summed E-state index contributed by atoms with van der Waals surface area (Å²) in [4.78, 5) is 28.5. The van der Waals surface area contributed by atoms with Gasteiger partial charge in [0.15, 0.2) is 6.10 Å². The van der Waals surface area contributed by atoms with Crippen molar-refractivity contribution in [2.45, 2.75) is 25.4 Å². The van der Waals surface area contributed by atoms with Gasteiger partial charge < -0.3 is 19.7 Å². The highest BCUT2D eigenvalue weighted by Crippen LogP contribution is 2.29. The van der Waals surface area contributed by atoms with Gasteiger partial charge in [0, 0.05) is 42.9 Å². The minimum absolute atomic E-state index is 0.0328. The number of nitrogens with one attached hydrogen (secondary N) is 1. The van der Waals surface area contributed by atoms with E-state index in [2.05, 4.69) is 4.98 Å². The van der Waals surface area contributed by atoms with Gasteiger partial charge in [-0.2, -0.15) is 0 Å². The summed E-state index contributed by atoms with van der Waals surface area (Å²) in [5, 5.41) is 9.79. The van der Waals surface area contributed by atoms with Crippen molar-refractivity contribution in [3.05, 3.63) is 35.5 Å². The third-order valence-corrected chi connectivity index (χ3v) is 4.29. The van der Waals surface area contributed by atoms with Crippen LogP contribution in [0.25, 0.3) is 10.9 Å². The normalized spacial score (nSPS) is 16.0. The molecule has 1 unspecified atom stereocenters. The summed E-state index contributed by atoms with van der Waals surface area (Å²) >= 11 is 0. The van der Waals surface area contributed by atoms with E-state index in [0.717, 1.165) is 42.4 Å². The summed E-state index contributed by atoms with van der Waals surface area (Å²) in [6, 6.07) is 5.43. The van der Waals surface area contributed by atoms with E-state index >= 15 is 0 Å². The lowest BCUT2D eigenvalue weighted by Crippen LogP contribution is -2.33. The number of ether oxygens (including phenoxy) is 1. The highest BCUT2D eigenvalue weighted by Gasteiger charge is 2.29. The minimum atomic E-state index is -0.877. The molecule has 1 aromatic carbocycles. The Balaban J connectivity index is 1.96. The molecule has 1 fully saturated rings. The molecule has 0 bridgehead atoms. The van der Waals surface area contributed by atoms with Gasteiger partial charge in [0.1, 0.15) is 0 Å². The van der Waals surface area contributed by atoms with E-state index < -0.39 is 12.1 Å². The SMILES string of the molecule is COC(C(=O)N1CCCC1)c1c[nH]c2ccc(CC(=O)O)cc12. The van der Waals surface area contributed by atoms with Crippen molar-refractivity contribution in [3.63, 3.8) is 0 Å². The van der Waals surface area contributed by atoms with Crippen molar-refractivity contribution in [2.24, 2.45) is 0 Å². The van der Waals surface area contributed by atoms with Crippen LogP contribution in [-0.4, -0.2) is 47.1 Å². The van der Waals surface area contributed by atoms with Crippen molar-refractivity contribution in [2.75, 3.05) is 20.2 Å². The van der Waals surface area contributed by atoms with Gasteiger partial charge in [-0.25, -0.2) is 0 Å². The zero-order chi connectivity index (χ0) is 16.4. The van der Waals surface area contributed by atoms with Crippen molar-refractivity contribution < 1.29 is 19.4 Å². The maximum atomic E-state index is 12.7. The van der Waals surface area contributed by atoms with Crippen molar-refractivity contribution in [1.82, 2.24) is 9.88 Å². The number of aromatic amines is 1. The number of hydrogen-bond acceptors (Lipinski definition) is 3. The first-order chi connectivity index (χ1) is 11.1. The van der Waals surface area contributed by atoms with E-state index in [0.29, 0.717) is 5.56 Å².